The van der Waals surface area contributed by atoms with Gasteiger partial charge in [-0.2, -0.15) is 0 Å². The van der Waals surface area contributed by atoms with E-state index in [0.29, 0.717) is 15.5 Å². The second kappa shape index (κ2) is 8.20. The van der Waals surface area contributed by atoms with Crippen molar-refractivity contribution in [3.63, 3.8) is 0 Å². The lowest BCUT2D eigenvalue weighted by atomic mass is 10.1. The van der Waals surface area contributed by atoms with Gasteiger partial charge in [-0.25, -0.2) is 0 Å². The zero-order valence-electron chi connectivity index (χ0n) is 14.3. The molecular formula is C19H16ClN3O3S. The summed E-state index contributed by atoms with van der Waals surface area (Å²) in [6.07, 6.45) is 0. The summed E-state index contributed by atoms with van der Waals surface area (Å²) in [4.78, 5) is 36.4. The predicted molar refractivity (Wildman–Crippen MR) is 106 cm³/mol. The molecule has 27 heavy (non-hydrogen) atoms. The Bertz CT molecular complexity index is 1010. The van der Waals surface area contributed by atoms with Crippen molar-refractivity contribution < 1.29 is 14.4 Å². The van der Waals surface area contributed by atoms with Gasteiger partial charge in [0, 0.05) is 15.6 Å². The van der Waals surface area contributed by atoms with E-state index in [1.54, 1.807) is 24.3 Å². The standard InChI is InChI=1S/C19H16ClN3O3S/c1-11-6-8-12(9-7-11)18(25)23-22-15(24)10-21-19(26)17-16(20)13-4-2-3-5-14(13)27-17/h2-9H,10H2,1H3,(H,21,26)(H,22,24)(H,23,25). The Kier molecular flexibility index (Phi) is 5.73. The summed E-state index contributed by atoms with van der Waals surface area (Å²) in [5.41, 5.74) is 6.01. The largest absolute Gasteiger partial charge is 0.342 e. The van der Waals surface area contributed by atoms with Crippen molar-refractivity contribution in [3.8, 4) is 0 Å². The van der Waals surface area contributed by atoms with E-state index in [0.717, 1.165) is 15.6 Å². The summed E-state index contributed by atoms with van der Waals surface area (Å²) < 4.78 is 0.891. The number of nitrogens with one attached hydrogen (secondary N) is 3. The number of aryl methyl sites for hydroxylation is 1. The highest BCUT2D eigenvalue weighted by Crippen LogP contribution is 2.34. The molecule has 0 bridgehead atoms. The highest BCUT2D eigenvalue weighted by molar-refractivity contribution is 7.21. The van der Waals surface area contributed by atoms with Crippen LogP contribution in [0.15, 0.2) is 48.5 Å². The average Bonchev–Trinajstić information content (AvgIpc) is 3.02. The van der Waals surface area contributed by atoms with Crippen LogP contribution in [0.4, 0.5) is 0 Å². The fourth-order valence-corrected chi connectivity index (χ4v) is 3.78. The van der Waals surface area contributed by atoms with Crippen LogP contribution in [0.1, 0.15) is 25.6 Å². The molecule has 0 radical (unpaired) electrons. The number of hydrogen-bond donors (Lipinski definition) is 3. The van der Waals surface area contributed by atoms with Crippen molar-refractivity contribution >= 4 is 50.7 Å². The molecule has 0 aliphatic heterocycles. The first-order chi connectivity index (χ1) is 13.0. The van der Waals surface area contributed by atoms with Gasteiger partial charge in [0.25, 0.3) is 17.7 Å². The van der Waals surface area contributed by atoms with Crippen LogP contribution >= 0.6 is 22.9 Å². The minimum atomic E-state index is -0.555. The summed E-state index contributed by atoms with van der Waals surface area (Å²) in [7, 11) is 0. The molecule has 3 aromatic rings. The Morgan fingerprint density at radius 2 is 1.67 bits per heavy atom. The van der Waals surface area contributed by atoms with Gasteiger partial charge in [-0.3, -0.25) is 25.2 Å². The van der Waals surface area contributed by atoms with E-state index < -0.39 is 17.7 Å². The van der Waals surface area contributed by atoms with Crippen LogP contribution in [0.2, 0.25) is 5.02 Å². The van der Waals surface area contributed by atoms with Crippen LogP contribution in [0, 0.1) is 6.92 Å². The van der Waals surface area contributed by atoms with Crippen molar-refractivity contribution in [2.24, 2.45) is 0 Å². The van der Waals surface area contributed by atoms with Gasteiger partial charge in [-0.05, 0) is 25.1 Å². The number of halogens is 1. The molecule has 0 saturated carbocycles. The van der Waals surface area contributed by atoms with E-state index >= 15 is 0 Å². The maximum atomic E-state index is 12.3. The van der Waals surface area contributed by atoms with Crippen LogP contribution in [0.5, 0.6) is 0 Å². The van der Waals surface area contributed by atoms with E-state index in [4.69, 9.17) is 11.6 Å². The van der Waals surface area contributed by atoms with Crippen LogP contribution in [0.25, 0.3) is 10.1 Å². The minimum absolute atomic E-state index is 0.294. The van der Waals surface area contributed by atoms with Gasteiger partial charge in [0.1, 0.15) is 4.88 Å². The Labute approximate surface area is 164 Å². The third-order valence-electron chi connectivity index (χ3n) is 3.78. The third-order valence-corrected chi connectivity index (χ3v) is 5.45. The number of amides is 3. The first-order valence-corrected chi connectivity index (χ1v) is 9.26. The molecule has 0 spiro atoms. The topological polar surface area (TPSA) is 87.3 Å². The number of rotatable bonds is 4. The Morgan fingerprint density at radius 1 is 0.963 bits per heavy atom. The van der Waals surface area contributed by atoms with Gasteiger partial charge in [0.15, 0.2) is 0 Å². The van der Waals surface area contributed by atoms with Crippen molar-refractivity contribution in [3.05, 3.63) is 69.6 Å². The molecule has 0 aliphatic carbocycles. The lowest BCUT2D eigenvalue weighted by molar-refractivity contribution is -0.120. The number of carbonyl (C=O) groups is 3. The zero-order valence-corrected chi connectivity index (χ0v) is 15.9. The van der Waals surface area contributed by atoms with Crippen molar-refractivity contribution in [1.82, 2.24) is 16.2 Å². The quantitative estimate of drug-likeness (QED) is 0.587. The van der Waals surface area contributed by atoms with Gasteiger partial charge in [-0.1, -0.05) is 47.5 Å². The molecule has 1 aromatic heterocycles. The summed E-state index contributed by atoms with van der Waals surface area (Å²) in [6, 6.07) is 14.3. The maximum Gasteiger partial charge on any atom is 0.269 e. The lowest BCUT2D eigenvalue weighted by Gasteiger charge is -2.08. The Morgan fingerprint density at radius 3 is 2.37 bits per heavy atom. The number of carbonyl (C=O) groups excluding carboxylic acids is 3. The van der Waals surface area contributed by atoms with E-state index in [2.05, 4.69) is 16.2 Å². The lowest BCUT2D eigenvalue weighted by Crippen LogP contribution is -2.46. The first-order valence-electron chi connectivity index (χ1n) is 8.07. The molecule has 3 rings (SSSR count). The molecule has 3 amide bonds. The van der Waals surface area contributed by atoms with Crippen LogP contribution < -0.4 is 16.2 Å². The Balaban J connectivity index is 1.52. The number of thiophene rings is 1. The molecule has 8 heteroatoms. The minimum Gasteiger partial charge on any atom is -0.342 e. The van der Waals surface area contributed by atoms with Crippen LogP contribution in [-0.2, 0) is 4.79 Å². The monoisotopic (exact) mass is 401 g/mol. The number of hydrazine groups is 1. The highest BCUT2D eigenvalue weighted by atomic mass is 35.5. The molecule has 0 unspecified atom stereocenters. The molecule has 0 atom stereocenters. The fourth-order valence-electron chi connectivity index (χ4n) is 2.35. The van der Waals surface area contributed by atoms with E-state index in [1.807, 2.05) is 31.2 Å². The number of fused-ring (bicyclic) bond motifs is 1. The number of hydrogen-bond acceptors (Lipinski definition) is 4. The third kappa shape index (κ3) is 4.45. The van der Waals surface area contributed by atoms with Crippen molar-refractivity contribution in [2.75, 3.05) is 6.54 Å². The molecule has 138 valence electrons. The average molecular weight is 402 g/mol. The molecule has 2 aromatic carbocycles. The van der Waals surface area contributed by atoms with Crippen LogP contribution in [-0.4, -0.2) is 24.3 Å². The van der Waals surface area contributed by atoms with E-state index in [9.17, 15) is 14.4 Å². The molecule has 0 fully saturated rings. The second-order valence-corrected chi connectivity index (χ2v) is 7.22. The van der Waals surface area contributed by atoms with E-state index in [1.165, 1.54) is 11.3 Å². The number of benzene rings is 2. The molecule has 6 nitrogen and oxygen atoms in total. The normalized spacial score (nSPS) is 10.4. The smallest absolute Gasteiger partial charge is 0.269 e. The van der Waals surface area contributed by atoms with Gasteiger partial charge >= 0.3 is 0 Å². The van der Waals surface area contributed by atoms with Crippen molar-refractivity contribution in [1.29, 1.82) is 0 Å². The predicted octanol–water partition coefficient (Wildman–Crippen LogP) is 3.05. The molecule has 0 aliphatic rings. The summed E-state index contributed by atoms with van der Waals surface area (Å²) in [5, 5.41) is 3.65. The van der Waals surface area contributed by atoms with E-state index in [-0.39, 0.29) is 6.54 Å². The summed E-state index contributed by atoms with van der Waals surface area (Å²) in [5.74, 6) is -1.44. The Hall–Kier alpha value is -2.90. The van der Waals surface area contributed by atoms with Gasteiger partial charge in [-0.15, -0.1) is 11.3 Å². The van der Waals surface area contributed by atoms with Gasteiger partial charge in [0.2, 0.25) is 0 Å². The maximum absolute atomic E-state index is 12.3. The SMILES string of the molecule is Cc1ccc(C(=O)NNC(=O)CNC(=O)c2sc3ccccc3c2Cl)cc1. The molecule has 3 N–H and O–H groups in total. The molecular weight excluding hydrogens is 386 g/mol. The van der Waals surface area contributed by atoms with Gasteiger partial charge in [0.05, 0.1) is 11.6 Å². The highest BCUT2D eigenvalue weighted by Gasteiger charge is 2.17. The van der Waals surface area contributed by atoms with Gasteiger partial charge < -0.3 is 5.32 Å². The fraction of sp³-hybridized carbons (Fsp3) is 0.105. The van der Waals surface area contributed by atoms with Crippen molar-refractivity contribution in [2.45, 2.75) is 6.92 Å². The second-order valence-electron chi connectivity index (χ2n) is 5.79. The first kappa shape index (κ1) is 18.9. The molecule has 1 heterocycles. The van der Waals surface area contributed by atoms with Crippen LogP contribution in [0.3, 0.4) is 0 Å². The molecule has 0 saturated heterocycles. The summed E-state index contributed by atoms with van der Waals surface area (Å²) >= 11 is 7.50. The summed E-state index contributed by atoms with van der Waals surface area (Å²) in [6.45, 7) is 1.62. The zero-order chi connectivity index (χ0) is 19.4.